The lowest BCUT2D eigenvalue weighted by molar-refractivity contribution is -0.140. The molecule has 0 spiro atoms. The van der Waals surface area contributed by atoms with Crippen LogP contribution in [0.4, 0.5) is 14.6 Å². The molecular weight excluding hydrogens is 338 g/mol. The summed E-state index contributed by atoms with van der Waals surface area (Å²) in [6.45, 7) is 1.31. The van der Waals surface area contributed by atoms with Crippen LogP contribution in [0.2, 0.25) is 5.02 Å². The summed E-state index contributed by atoms with van der Waals surface area (Å²) in [5.74, 6) is -2.41. The van der Waals surface area contributed by atoms with E-state index in [1.165, 1.54) is 6.20 Å². The molecule has 1 aromatic heterocycles. The zero-order valence-corrected chi connectivity index (χ0v) is 13.8. The number of nitriles is 1. The van der Waals surface area contributed by atoms with E-state index in [-0.39, 0.29) is 37.8 Å². The maximum absolute atomic E-state index is 13.2. The van der Waals surface area contributed by atoms with Gasteiger partial charge >= 0.3 is 0 Å². The molecule has 1 unspecified atom stereocenters. The SMILES string of the molecule is N#Cc1cnc(N2CCC(C(=O)N3CCC(F)(F)CC3)C2)c(Cl)c1. The van der Waals surface area contributed by atoms with Crippen molar-refractivity contribution in [1.29, 1.82) is 5.26 Å². The first-order valence-corrected chi connectivity index (χ1v) is 8.24. The minimum atomic E-state index is -2.65. The van der Waals surface area contributed by atoms with Gasteiger partial charge in [0.25, 0.3) is 5.92 Å². The summed E-state index contributed by atoms with van der Waals surface area (Å²) < 4.78 is 26.4. The fourth-order valence-electron chi connectivity index (χ4n) is 3.19. The predicted octanol–water partition coefficient (Wildman–Crippen LogP) is 2.69. The van der Waals surface area contributed by atoms with Crippen molar-refractivity contribution in [2.45, 2.75) is 25.2 Å². The average Bonchev–Trinajstić information content (AvgIpc) is 3.03. The van der Waals surface area contributed by atoms with Gasteiger partial charge in [0, 0.05) is 45.2 Å². The number of hydrogen-bond donors (Lipinski definition) is 0. The summed E-state index contributed by atoms with van der Waals surface area (Å²) in [6, 6.07) is 3.52. The van der Waals surface area contributed by atoms with Crippen molar-refractivity contribution < 1.29 is 13.6 Å². The first kappa shape index (κ1) is 16.9. The van der Waals surface area contributed by atoms with Gasteiger partial charge in [-0.1, -0.05) is 11.6 Å². The van der Waals surface area contributed by atoms with Crippen LogP contribution >= 0.6 is 11.6 Å². The van der Waals surface area contributed by atoms with Gasteiger partial charge in [0.15, 0.2) is 0 Å². The van der Waals surface area contributed by atoms with Crippen LogP contribution in [0.25, 0.3) is 0 Å². The highest BCUT2D eigenvalue weighted by Gasteiger charge is 2.39. The lowest BCUT2D eigenvalue weighted by Gasteiger charge is -2.33. The number of amides is 1. The first-order valence-electron chi connectivity index (χ1n) is 7.87. The molecule has 2 aliphatic heterocycles. The molecule has 5 nitrogen and oxygen atoms in total. The number of likely N-dealkylation sites (tertiary alicyclic amines) is 1. The number of rotatable bonds is 2. The number of hydrogen-bond acceptors (Lipinski definition) is 4. The second-order valence-corrected chi connectivity index (χ2v) is 6.66. The molecule has 128 valence electrons. The molecule has 1 aromatic rings. The molecule has 8 heteroatoms. The summed E-state index contributed by atoms with van der Waals surface area (Å²) >= 11 is 6.16. The van der Waals surface area contributed by atoms with E-state index in [1.54, 1.807) is 11.0 Å². The van der Waals surface area contributed by atoms with E-state index >= 15 is 0 Å². The quantitative estimate of drug-likeness (QED) is 0.819. The molecule has 0 radical (unpaired) electrons. The third-order valence-corrected chi connectivity index (χ3v) is 4.87. The fraction of sp³-hybridized carbons (Fsp3) is 0.562. The van der Waals surface area contributed by atoms with Crippen molar-refractivity contribution >= 4 is 23.3 Å². The van der Waals surface area contributed by atoms with Crippen LogP contribution in [-0.2, 0) is 4.79 Å². The molecule has 0 aliphatic carbocycles. The van der Waals surface area contributed by atoms with E-state index in [4.69, 9.17) is 16.9 Å². The molecule has 0 bridgehead atoms. The minimum absolute atomic E-state index is 0.0715. The Balaban J connectivity index is 1.63. The number of halogens is 3. The molecule has 0 aromatic carbocycles. The third kappa shape index (κ3) is 3.44. The Kier molecular flexibility index (Phi) is 4.59. The maximum atomic E-state index is 13.2. The molecule has 0 saturated carbocycles. The summed E-state index contributed by atoms with van der Waals surface area (Å²) in [4.78, 5) is 20.2. The van der Waals surface area contributed by atoms with E-state index in [0.717, 1.165) is 0 Å². The molecule has 3 heterocycles. The van der Waals surface area contributed by atoms with Gasteiger partial charge in [-0.05, 0) is 12.5 Å². The van der Waals surface area contributed by atoms with Gasteiger partial charge in [-0.25, -0.2) is 13.8 Å². The predicted molar refractivity (Wildman–Crippen MR) is 85.0 cm³/mol. The molecule has 3 rings (SSSR count). The summed E-state index contributed by atoms with van der Waals surface area (Å²) in [6.07, 6.45) is 1.56. The number of piperidine rings is 1. The van der Waals surface area contributed by atoms with Crippen molar-refractivity contribution in [2.75, 3.05) is 31.1 Å². The highest BCUT2D eigenvalue weighted by Crippen LogP contribution is 2.32. The van der Waals surface area contributed by atoms with Gasteiger partial charge in [0.1, 0.15) is 11.9 Å². The van der Waals surface area contributed by atoms with Crippen LogP contribution in [0.15, 0.2) is 12.3 Å². The first-order chi connectivity index (χ1) is 11.4. The smallest absolute Gasteiger partial charge is 0.251 e. The zero-order chi connectivity index (χ0) is 17.3. The Morgan fingerprint density at radius 1 is 1.38 bits per heavy atom. The van der Waals surface area contributed by atoms with Gasteiger partial charge in [-0.15, -0.1) is 0 Å². The van der Waals surface area contributed by atoms with Gasteiger partial charge < -0.3 is 9.80 Å². The standard InChI is InChI=1S/C16H17ClF2N4O/c17-13-7-11(8-20)9-21-14(13)23-4-1-12(10-23)15(24)22-5-2-16(18,19)3-6-22/h7,9,12H,1-6,10H2. The Labute approximate surface area is 143 Å². The number of carbonyl (C=O) groups excluding carboxylic acids is 1. The number of pyridine rings is 1. The van der Waals surface area contributed by atoms with Crippen molar-refractivity contribution in [3.63, 3.8) is 0 Å². The van der Waals surface area contributed by atoms with Crippen molar-refractivity contribution in [2.24, 2.45) is 5.92 Å². The van der Waals surface area contributed by atoms with Crippen LogP contribution in [0.3, 0.4) is 0 Å². The van der Waals surface area contributed by atoms with Crippen LogP contribution in [0.1, 0.15) is 24.8 Å². The molecule has 1 amide bonds. The van der Waals surface area contributed by atoms with Crippen molar-refractivity contribution in [3.8, 4) is 6.07 Å². The Morgan fingerprint density at radius 2 is 2.08 bits per heavy atom. The van der Waals surface area contributed by atoms with E-state index < -0.39 is 5.92 Å². The van der Waals surface area contributed by atoms with Crippen molar-refractivity contribution in [1.82, 2.24) is 9.88 Å². The number of nitrogens with zero attached hydrogens (tertiary/aromatic N) is 4. The summed E-state index contributed by atoms with van der Waals surface area (Å²) in [5, 5.41) is 9.22. The van der Waals surface area contributed by atoms with Crippen LogP contribution in [-0.4, -0.2) is 47.9 Å². The molecule has 1 atom stereocenters. The van der Waals surface area contributed by atoms with Gasteiger partial charge in [0.2, 0.25) is 5.91 Å². The van der Waals surface area contributed by atoms with E-state index in [1.807, 2.05) is 11.0 Å². The molecule has 2 fully saturated rings. The summed E-state index contributed by atoms with van der Waals surface area (Å²) in [5.41, 5.74) is 0.379. The topological polar surface area (TPSA) is 60.2 Å². The van der Waals surface area contributed by atoms with Crippen LogP contribution in [0, 0.1) is 17.2 Å². The van der Waals surface area contributed by atoms with Crippen LogP contribution in [0.5, 0.6) is 0 Å². The summed E-state index contributed by atoms with van der Waals surface area (Å²) in [7, 11) is 0. The number of carbonyl (C=O) groups is 1. The third-order valence-electron chi connectivity index (χ3n) is 4.59. The monoisotopic (exact) mass is 354 g/mol. The zero-order valence-electron chi connectivity index (χ0n) is 13.0. The fourth-order valence-corrected chi connectivity index (χ4v) is 3.48. The normalized spacial score (nSPS) is 23.2. The molecular formula is C16H17ClF2N4O. The lowest BCUT2D eigenvalue weighted by atomic mass is 10.0. The lowest BCUT2D eigenvalue weighted by Crippen LogP contribution is -2.45. The number of anilines is 1. The van der Waals surface area contributed by atoms with E-state index in [0.29, 0.717) is 35.9 Å². The van der Waals surface area contributed by atoms with Gasteiger partial charge in [0.05, 0.1) is 16.5 Å². The van der Waals surface area contributed by atoms with E-state index in [9.17, 15) is 13.6 Å². The highest BCUT2D eigenvalue weighted by molar-refractivity contribution is 6.33. The average molecular weight is 355 g/mol. The largest absolute Gasteiger partial charge is 0.355 e. The maximum Gasteiger partial charge on any atom is 0.251 e. The number of aromatic nitrogens is 1. The molecule has 2 aliphatic rings. The van der Waals surface area contributed by atoms with Crippen LogP contribution < -0.4 is 4.90 Å². The second-order valence-electron chi connectivity index (χ2n) is 6.25. The van der Waals surface area contributed by atoms with Gasteiger partial charge in [-0.2, -0.15) is 5.26 Å². The Hall–Kier alpha value is -1.94. The minimum Gasteiger partial charge on any atom is -0.355 e. The second kappa shape index (κ2) is 6.52. The highest BCUT2D eigenvalue weighted by atomic mass is 35.5. The Bertz CT molecular complexity index is 681. The molecule has 24 heavy (non-hydrogen) atoms. The molecule has 0 N–H and O–H groups in total. The molecule has 2 saturated heterocycles. The number of alkyl halides is 2. The van der Waals surface area contributed by atoms with E-state index in [2.05, 4.69) is 4.98 Å². The van der Waals surface area contributed by atoms with Crippen molar-refractivity contribution in [3.05, 3.63) is 22.8 Å². The van der Waals surface area contributed by atoms with Gasteiger partial charge in [-0.3, -0.25) is 4.79 Å². The Morgan fingerprint density at radius 3 is 2.71 bits per heavy atom.